The van der Waals surface area contributed by atoms with E-state index in [0.717, 1.165) is 16.7 Å². The number of ether oxygens (including phenoxy) is 2. The average molecular weight is 586 g/mol. The quantitative estimate of drug-likeness (QED) is 0.347. The van der Waals surface area contributed by atoms with E-state index in [1.54, 1.807) is 7.11 Å². The molecule has 1 heterocycles. The minimum absolute atomic E-state index is 0.106. The number of nitrogens with zero attached hydrogens (tertiary/aromatic N) is 1. The summed E-state index contributed by atoms with van der Waals surface area (Å²) in [6, 6.07) is 15.3. The maximum Gasteiger partial charge on any atom is 0.407 e. The molecular weight excluding hydrogens is 542 g/mol. The van der Waals surface area contributed by atoms with Crippen molar-refractivity contribution in [2.24, 2.45) is 0 Å². The van der Waals surface area contributed by atoms with Crippen molar-refractivity contribution in [3.05, 3.63) is 71.3 Å². The Morgan fingerprint density at radius 1 is 1.12 bits per heavy atom. The lowest BCUT2D eigenvalue weighted by Gasteiger charge is -2.33. The van der Waals surface area contributed by atoms with Crippen LogP contribution in [0, 0.1) is 6.92 Å². The summed E-state index contributed by atoms with van der Waals surface area (Å²) in [6.07, 6.45) is -1.67. The fourth-order valence-electron chi connectivity index (χ4n) is 4.64. The number of aliphatic hydroxyl groups excluding tert-OH is 1. The van der Waals surface area contributed by atoms with Crippen LogP contribution in [0.4, 0.5) is 4.79 Å². The third-order valence-corrected chi connectivity index (χ3v) is 8.89. The van der Waals surface area contributed by atoms with Crippen molar-refractivity contribution in [1.29, 1.82) is 0 Å². The molecule has 1 saturated heterocycles. The van der Waals surface area contributed by atoms with Crippen molar-refractivity contribution in [2.75, 3.05) is 19.6 Å². The molecule has 0 aliphatic carbocycles. The SMILES string of the molecule is COC(C)(C)CCOC(=O)NC(Cc1ccccc1)C(O)C(=O)N1CSC(C)(C)C1C(=O)NCc1ccccc1C. The van der Waals surface area contributed by atoms with Gasteiger partial charge >= 0.3 is 6.09 Å². The van der Waals surface area contributed by atoms with E-state index in [0.29, 0.717) is 13.0 Å². The van der Waals surface area contributed by atoms with E-state index in [2.05, 4.69) is 10.6 Å². The van der Waals surface area contributed by atoms with Gasteiger partial charge in [0.25, 0.3) is 5.91 Å². The van der Waals surface area contributed by atoms with Crippen LogP contribution in [0.5, 0.6) is 0 Å². The molecule has 1 fully saturated rings. The first-order valence-corrected chi connectivity index (χ1v) is 14.8. The molecule has 0 spiro atoms. The van der Waals surface area contributed by atoms with Crippen molar-refractivity contribution < 1.29 is 29.0 Å². The summed E-state index contributed by atoms with van der Waals surface area (Å²) in [4.78, 5) is 41.3. The van der Waals surface area contributed by atoms with Crippen molar-refractivity contribution >= 4 is 29.7 Å². The van der Waals surface area contributed by atoms with E-state index in [-0.39, 0.29) is 24.8 Å². The highest BCUT2D eigenvalue weighted by Crippen LogP contribution is 2.40. The zero-order chi connectivity index (χ0) is 30.2. The van der Waals surface area contributed by atoms with Crippen LogP contribution in [0.15, 0.2) is 54.6 Å². The molecule has 0 aromatic heterocycles. The number of amides is 3. The molecule has 3 atom stereocenters. The molecule has 2 aromatic rings. The van der Waals surface area contributed by atoms with E-state index in [9.17, 15) is 19.5 Å². The first-order valence-electron chi connectivity index (χ1n) is 13.8. The van der Waals surface area contributed by atoms with Gasteiger partial charge in [0.1, 0.15) is 6.04 Å². The molecule has 224 valence electrons. The van der Waals surface area contributed by atoms with Crippen LogP contribution >= 0.6 is 11.8 Å². The van der Waals surface area contributed by atoms with Crippen LogP contribution in [0.3, 0.4) is 0 Å². The molecule has 10 heteroatoms. The highest BCUT2D eigenvalue weighted by atomic mass is 32.2. The van der Waals surface area contributed by atoms with Gasteiger partial charge in [-0.1, -0.05) is 54.6 Å². The number of aryl methyl sites for hydroxylation is 1. The monoisotopic (exact) mass is 585 g/mol. The van der Waals surface area contributed by atoms with Crippen LogP contribution in [0.2, 0.25) is 0 Å². The number of hydrogen-bond donors (Lipinski definition) is 3. The Morgan fingerprint density at radius 3 is 2.44 bits per heavy atom. The van der Waals surface area contributed by atoms with E-state index >= 15 is 0 Å². The molecular formula is C31H43N3O6S. The summed E-state index contributed by atoms with van der Waals surface area (Å²) in [6.45, 7) is 10.0. The molecule has 0 bridgehead atoms. The van der Waals surface area contributed by atoms with Gasteiger partial charge in [-0.05, 0) is 57.7 Å². The lowest BCUT2D eigenvalue weighted by molar-refractivity contribution is -0.147. The van der Waals surface area contributed by atoms with E-state index in [1.807, 2.05) is 89.2 Å². The van der Waals surface area contributed by atoms with Gasteiger partial charge in [-0.15, -0.1) is 11.8 Å². The number of carbonyl (C=O) groups excluding carboxylic acids is 3. The highest BCUT2D eigenvalue weighted by molar-refractivity contribution is 8.00. The number of methoxy groups -OCH3 is 1. The zero-order valence-electron chi connectivity index (χ0n) is 24.8. The van der Waals surface area contributed by atoms with Gasteiger partial charge in [0.05, 0.1) is 24.1 Å². The van der Waals surface area contributed by atoms with Crippen LogP contribution < -0.4 is 10.6 Å². The summed E-state index contributed by atoms with van der Waals surface area (Å²) in [7, 11) is 1.59. The normalized spacial score (nSPS) is 17.9. The third kappa shape index (κ3) is 8.95. The second-order valence-electron chi connectivity index (χ2n) is 11.5. The smallest absolute Gasteiger partial charge is 0.407 e. The van der Waals surface area contributed by atoms with Crippen LogP contribution in [0.25, 0.3) is 0 Å². The number of nitrogens with one attached hydrogen (secondary N) is 2. The predicted molar refractivity (Wildman–Crippen MR) is 160 cm³/mol. The number of alkyl carbamates (subject to hydrolysis) is 1. The van der Waals surface area contributed by atoms with E-state index in [4.69, 9.17) is 9.47 Å². The number of rotatable bonds is 12. The van der Waals surface area contributed by atoms with E-state index < -0.39 is 40.5 Å². The third-order valence-electron chi connectivity index (χ3n) is 7.52. The van der Waals surface area contributed by atoms with Gasteiger partial charge < -0.3 is 30.1 Å². The van der Waals surface area contributed by atoms with Crippen molar-refractivity contribution in [3.8, 4) is 0 Å². The second-order valence-corrected chi connectivity index (χ2v) is 13.1. The fourth-order valence-corrected chi connectivity index (χ4v) is 5.78. The maximum atomic E-state index is 13.7. The standard InChI is InChI=1S/C31H43N3O6S/c1-21-12-10-11-15-23(21)19-32-27(36)26-31(4,5)41-20-34(26)28(37)25(35)24(18-22-13-8-7-9-14-22)33-29(38)40-17-16-30(2,3)39-6/h7-15,24-26,35H,16-20H2,1-6H3,(H,32,36)(H,33,38). The molecule has 0 saturated carbocycles. The highest BCUT2D eigenvalue weighted by Gasteiger charge is 2.49. The van der Waals surface area contributed by atoms with Gasteiger partial charge in [0.2, 0.25) is 5.91 Å². The Labute approximate surface area is 247 Å². The number of thioether (sulfide) groups is 1. The molecule has 3 rings (SSSR count). The van der Waals surface area contributed by atoms with Crippen LogP contribution in [-0.4, -0.2) is 76.0 Å². The average Bonchev–Trinajstić information content (AvgIpc) is 3.26. The molecule has 3 unspecified atom stereocenters. The minimum Gasteiger partial charge on any atom is -0.449 e. The molecule has 3 N–H and O–H groups in total. The minimum atomic E-state index is -1.60. The number of hydrogen-bond acceptors (Lipinski definition) is 7. The fraction of sp³-hybridized carbons (Fsp3) is 0.516. The lowest BCUT2D eigenvalue weighted by atomic mass is 9.97. The number of carbonyl (C=O) groups is 3. The molecule has 41 heavy (non-hydrogen) atoms. The number of aliphatic hydroxyl groups is 1. The molecule has 1 aliphatic heterocycles. The van der Waals surface area contributed by atoms with Crippen LogP contribution in [-0.2, 0) is 32.0 Å². The van der Waals surface area contributed by atoms with Gasteiger partial charge in [-0.3, -0.25) is 9.59 Å². The Kier molecular flexibility index (Phi) is 11.2. The predicted octanol–water partition coefficient (Wildman–Crippen LogP) is 3.80. The summed E-state index contributed by atoms with van der Waals surface area (Å²) < 4.78 is 10.1. The Morgan fingerprint density at radius 2 is 1.78 bits per heavy atom. The molecule has 1 aliphatic rings. The second kappa shape index (κ2) is 14.2. The van der Waals surface area contributed by atoms with Crippen molar-refractivity contribution in [3.63, 3.8) is 0 Å². The van der Waals surface area contributed by atoms with Crippen molar-refractivity contribution in [2.45, 2.75) is 82.5 Å². The van der Waals surface area contributed by atoms with E-state index in [1.165, 1.54) is 16.7 Å². The summed E-state index contributed by atoms with van der Waals surface area (Å²) in [5.41, 5.74) is 2.41. The zero-order valence-corrected chi connectivity index (χ0v) is 25.6. The Bertz CT molecular complexity index is 1190. The first-order chi connectivity index (χ1) is 19.3. The lowest BCUT2D eigenvalue weighted by Crippen LogP contribution is -2.58. The Hall–Kier alpha value is -3.08. The summed E-state index contributed by atoms with van der Waals surface area (Å²) >= 11 is 1.47. The van der Waals surface area contributed by atoms with Gasteiger partial charge in [0, 0.05) is 24.8 Å². The largest absolute Gasteiger partial charge is 0.449 e. The van der Waals surface area contributed by atoms with Crippen molar-refractivity contribution in [1.82, 2.24) is 15.5 Å². The van der Waals surface area contributed by atoms with Gasteiger partial charge in [-0.25, -0.2) is 4.79 Å². The van der Waals surface area contributed by atoms with Gasteiger partial charge in [0.15, 0.2) is 6.10 Å². The topological polar surface area (TPSA) is 117 Å². The molecule has 2 aromatic carbocycles. The Balaban J connectivity index is 1.74. The molecule has 0 radical (unpaired) electrons. The number of benzene rings is 2. The van der Waals surface area contributed by atoms with Gasteiger partial charge in [-0.2, -0.15) is 0 Å². The van der Waals surface area contributed by atoms with Crippen LogP contribution in [0.1, 0.15) is 50.8 Å². The summed E-state index contributed by atoms with van der Waals surface area (Å²) in [5, 5.41) is 17.0. The maximum absolute atomic E-state index is 13.7. The molecule has 3 amide bonds. The summed E-state index contributed by atoms with van der Waals surface area (Å²) in [5.74, 6) is -0.683. The first kappa shape index (κ1) is 32.4. The molecule has 9 nitrogen and oxygen atoms in total.